The molecular weight excluding hydrogens is 565 g/mol. The molecular formula is C31H25Cl2N3O3S. The Morgan fingerprint density at radius 1 is 0.825 bits per heavy atom. The summed E-state index contributed by atoms with van der Waals surface area (Å²) in [5.41, 5.74) is 3.21. The van der Waals surface area contributed by atoms with E-state index in [-0.39, 0.29) is 17.4 Å². The third-order valence-electron chi connectivity index (χ3n) is 5.69. The van der Waals surface area contributed by atoms with Gasteiger partial charge >= 0.3 is 0 Å². The Bertz CT molecular complexity index is 1560. The third-order valence-corrected chi connectivity index (χ3v) is 7.27. The first-order chi connectivity index (χ1) is 19.3. The van der Waals surface area contributed by atoms with Crippen LogP contribution in [-0.2, 0) is 9.59 Å². The molecule has 0 fully saturated rings. The molecule has 3 N–H and O–H groups in total. The van der Waals surface area contributed by atoms with Crippen LogP contribution in [0.1, 0.15) is 21.5 Å². The molecule has 40 heavy (non-hydrogen) atoms. The lowest BCUT2D eigenvalue weighted by molar-refractivity contribution is -0.114. The van der Waals surface area contributed by atoms with E-state index in [1.165, 1.54) is 17.8 Å². The largest absolute Gasteiger partial charge is 0.325 e. The van der Waals surface area contributed by atoms with Gasteiger partial charge in [-0.05, 0) is 78.7 Å². The van der Waals surface area contributed by atoms with Crippen molar-refractivity contribution in [2.75, 3.05) is 16.4 Å². The molecule has 0 heterocycles. The van der Waals surface area contributed by atoms with Gasteiger partial charge in [-0.15, -0.1) is 11.8 Å². The van der Waals surface area contributed by atoms with Gasteiger partial charge in [-0.2, -0.15) is 0 Å². The van der Waals surface area contributed by atoms with Crippen LogP contribution in [0.3, 0.4) is 0 Å². The maximum atomic E-state index is 13.2. The third kappa shape index (κ3) is 8.23. The number of thioether (sulfide) groups is 1. The van der Waals surface area contributed by atoms with Gasteiger partial charge in [-0.1, -0.05) is 65.7 Å². The van der Waals surface area contributed by atoms with E-state index in [1.54, 1.807) is 60.7 Å². The fourth-order valence-electron chi connectivity index (χ4n) is 3.60. The monoisotopic (exact) mass is 589 g/mol. The Hall–Kier alpha value is -4.04. The summed E-state index contributed by atoms with van der Waals surface area (Å²) < 4.78 is 0. The minimum atomic E-state index is -0.534. The van der Waals surface area contributed by atoms with E-state index in [9.17, 15) is 14.4 Å². The number of para-hydroxylation sites is 1. The van der Waals surface area contributed by atoms with Crippen molar-refractivity contribution in [2.45, 2.75) is 11.8 Å². The molecule has 0 aliphatic heterocycles. The van der Waals surface area contributed by atoms with Gasteiger partial charge < -0.3 is 16.0 Å². The van der Waals surface area contributed by atoms with Crippen molar-refractivity contribution in [3.05, 3.63) is 129 Å². The number of carbonyl (C=O) groups is 3. The van der Waals surface area contributed by atoms with Crippen molar-refractivity contribution < 1.29 is 14.4 Å². The van der Waals surface area contributed by atoms with Crippen LogP contribution in [-0.4, -0.2) is 23.5 Å². The first-order valence-corrected chi connectivity index (χ1v) is 14.0. The highest BCUT2D eigenvalue weighted by Crippen LogP contribution is 2.24. The van der Waals surface area contributed by atoms with Gasteiger partial charge in [0.25, 0.3) is 11.8 Å². The highest BCUT2D eigenvalue weighted by Gasteiger charge is 2.16. The van der Waals surface area contributed by atoms with E-state index in [4.69, 9.17) is 23.2 Å². The standard InChI is InChI=1S/C31H25Cl2N3O3S/c1-20-7-5-6-10-27(20)35-29(37)19-40-25-15-13-24(14-16-25)34-31(39)28(17-22-11-12-23(32)18-26(22)33)36-30(38)21-8-3-2-4-9-21/h2-18H,19H2,1H3,(H,34,39)(H,35,37)(H,36,38)/b28-17-. The van der Waals surface area contributed by atoms with Crippen LogP contribution in [0.25, 0.3) is 6.08 Å². The second kappa shape index (κ2) is 13.8. The highest BCUT2D eigenvalue weighted by atomic mass is 35.5. The van der Waals surface area contributed by atoms with Gasteiger partial charge in [-0.25, -0.2) is 0 Å². The summed E-state index contributed by atoms with van der Waals surface area (Å²) in [6.45, 7) is 1.94. The summed E-state index contributed by atoms with van der Waals surface area (Å²) in [6, 6.07) is 28.1. The van der Waals surface area contributed by atoms with Gasteiger partial charge in [0, 0.05) is 31.9 Å². The average Bonchev–Trinajstić information content (AvgIpc) is 2.95. The molecule has 4 rings (SSSR count). The molecule has 9 heteroatoms. The zero-order valence-electron chi connectivity index (χ0n) is 21.4. The van der Waals surface area contributed by atoms with Gasteiger partial charge in [0.05, 0.1) is 5.75 Å². The Morgan fingerprint density at radius 3 is 2.23 bits per heavy atom. The Kier molecular flexibility index (Phi) is 10.0. The van der Waals surface area contributed by atoms with Crippen molar-refractivity contribution in [3.63, 3.8) is 0 Å². The second-order valence-electron chi connectivity index (χ2n) is 8.67. The van der Waals surface area contributed by atoms with Crippen molar-refractivity contribution >= 4 is 70.1 Å². The second-order valence-corrected chi connectivity index (χ2v) is 10.6. The van der Waals surface area contributed by atoms with Crippen molar-refractivity contribution in [3.8, 4) is 0 Å². The van der Waals surface area contributed by atoms with E-state index in [2.05, 4.69) is 16.0 Å². The lowest BCUT2D eigenvalue weighted by atomic mass is 10.1. The Morgan fingerprint density at radius 2 is 1.52 bits per heavy atom. The number of aryl methyl sites for hydroxylation is 1. The molecule has 0 aliphatic rings. The van der Waals surface area contributed by atoms with Crippen molar-refractivity contribution in [1.29, 1.82) is 0 Å². The number of amides is 3. The van der Waals surface area contributed by atoms with E-state index in [1.807, 2.05) is 43.3 Å². The summed E-state index contributed by atoms with van der Waals surface area (Å²) in [4.78, 5) is 39.3. The molecule has 0 saturated carbocycles. The molecule has 0 aliphatic carbocycles. The lowest BCUT2D eigenvalue weighted by Gasteiger charge is -2.12. The molecule has 4 aromatic rings. The van der Waals surface area contributed by atoms with Crippen LogP contribution in [0, 0.1) is 6.92 Å². The number of carbonyl (C=O) groups excluding carboxylic acids is 3. The van der Waals surface area contributed by atoms with Crippen LogP contribution in [0.5, 0.6) is 0 Å². The number of benzene rings is 4. The van der Waals surface area contributed by atoms with Gasteiger partial charge in [0.1, 0.15) is 5.70 Å². The van der Waals surface area contributed by atoms with E-state index in [0.29, 0.717) is 26.9 Å². The number of hydrogen-bond donors (Lipinski definition) is 3. The number of nitrogens with one attached hydrogen (secondary N) is 3. The fourth-order valence-corrected chi connectivity index (χ4v) is 4.76. The molecule has 202 valence electrons. The minimum Gasteiger partial charge on any atom is -0.325 e. The molecule has 3 amide bonds. The fraction of sp³-hybridized carbons (Fsp3) is 0.0645. The van der Waals surface area contributed by atoms with E-state index < -0.39 is 11.8 Å². The lowest BCUT2D eigenvalue weighted by Crippen LogP contribution is -2.30. The molecule has 4 aromatic carbocycles. The smallest absolute Gasteiger partial charge is 0.272 e. The van der Waals surface area contributed by atoms with Gasteiger partial charge in [0.15, 0.2) is 0 Å². The zero-order chi connectivity index (χ0) is 28.5. The summed E-state index contributed by atoms with van der Waals surface area (Å²) >= 11 is 13.7. The number of halogens is 2. The molecule has 0 unspecified atom stereocenters. The minimum absolute atomic E-state index is 0.00408. The molecule has 6 nitrogen and oxygen atoms in total. The summed E-state index contributed by atoms with van der Waals surface area (Å²) in [6.07, 6.45) is 1.49. The molecule has 0 radical (unpaired) electrons. The molecule has 0 spiro atoms. The van der Waals surface area contributed by atoms with Gasteiger partial charge in [-0.3, -0.25) is 14.4 Å². The van der Waals surface area contributed by atoms with Crippen LogP contribution in [0.2, 0.25) is 10.0 Å². The van der Waals surface area contributed by atoms with Crippen molar-refractivity contribution in [1.82, 2.24) is 5.32 Å². The Labute approximate surface area is 246 Å². The SMILES string of the molecule is Cc1ccccc1NC(=O)CSc1ccc(NC(=O)/C(=C/c2ccc(Cl)cc2Cl)NC(=O)c2ccccc2)cc1. The molecule has 0 bridgehead atoms. The van der Waals surface area contributed by atoms with Crippen LogP contribution in [0.4, 0.5) is 11.4 Å². The first kappa shape index (κ1) is 29.0. The number of rotatable bonds is 9. The maximum Gasteiger partial charge on any atom is 0.272 e. The van der Waals surface area contributed by atoms with Crippen molar-refractivity contribution in [2.24, 2.45) is 0 Å². The molecule has 0 atom stereocenters. The summed E-state index contributed by atoms with van der Waals surface area (Å²) in [5, 5.41) is 9.18. The Balaban J connectivity index is 1.43. The molecule has 0 aromatic heterocycles. The van der Waals surface area contributed by atoms with Crippen LogP contribution < -0.4 is 16.0 Å². The number of anilines is 2. The predicted molar refractivity (Wildman–Crippen MR) is 164 cm³/mol. The van der Waals surface area contributed by atoms with Crippen LogP contribution in [0.15, 0.2) is 108 Å². The van der Waals surface area contributed by atoms with E-state index in [0.717, 1.165) is 16.1 Å². The summed E-state index contributed by atoms with van der Waals surface area (Å²) in [7, 11) is 0. The maximum absolute atomic E-state index is 13.2. The van der Waals surface area contributed by atoms with Crippen LogP contribution >= 0.6 is 35.0 Å². The summed E-state index contributed by atoms with van der Waals surface area (Å²) in [5.74, 6) is -0.849. The molecule has 0 saturated heterocycles. The topological polar surface area (TPSA) is 87.3 Å². The number of hydrogen-bond acceptors (Lipinski definition) is 4. The first-order valence-electron chi connectivity index (χ1n) is 12.2. The van der Waals surface area contributed by atoms with Gasteiger partial charge in [0.2, 0.25) is 5.91 Å². The zero-order valence-corrected chi connectivity index (χ0v) is 23.7. The predicted octanol–water partition coefficient (Wildman–Crippen LogP) is 7.44. The quantitative estimate of drug-likeness (QED) is 0.140. The normalized spacial score (nSPS) is 11.0. The highest BCUT2D eigenvalue weighted by molar-refractivity contribution is 8.00. The van der Waals surface area contributed by atoms with E-state index >= 15 is 0 Å². The average molecular weight is 591 g/mol.